The molecule has 1 amide bonds. The Hall–Kier alpha value is -1.56. The van der Waals surface area contributed by atoms with Gasteiger partial charge in [0, 0.05) is 6.54 Å². The number of halogens is 3. The van der Waals surface area contributed by atoms with Gasteiger partial charge in [0.1, 0.15) is 0 Å². The molecule has 1 N–H and O–H groups in total. The Labute approximate surface area is 116 Å². The number of hydrogen-bond acceptors (Lipinski definition) is 2. The molecule has 1 aromatic rings. The van der Waals surface area contributed by atoms with Crippen molar-refractivity contribution in [2.24, 2.45) is 0 Å². The lowest BCUT2D eigenvalue weighted by Crippen LogP contribution is -2.28. The quantitative estimate of drug-likeness (QED) is 0.815. The number of alkyl halides is 3. The molecule has 0 unspecified atom stereocenters. The van der Waals surface area contributed by atoms with Crippen LogP contribution in [0.25, 0.3) is 0 Å². The zero-order valence-corrected chi connectivity index (χ0v) is 11.6. The number of hydrogen-bond donors (Lipinski definition) is 1. The third-order valence-electron chi connectivity index (χ3n) is 2.75. The first-order valence-corrected chi connectivity index (χ1v) is 6.36. The maximum Gasteiger partial charge on any atom is 0.416 e. The summed E-state index contributed by atoms with van der Waals surface area (Å²) < 4.78 is 37.1. The molecule has 0 atom stereocenters. The van der Waals surface area contributed by atoms with Crippen molar-refractivity contribution in [2.75, 3.05) is 27.2 Å². The third kappa shape index (κ3) is 6.06. The predicted molar refractivity (Wildman–Crippen MR) is 71.3 cm³/mol. The molecule has 3 nitrogen and oxygen atoms in total. The van der Waals surface area contributed by atoms with Crippen LogP contribution in [0.1, 0.15) is 17.5 Å². The van der Waals surface area contributed by atoms with Gasteiger partial charge in [-0.2, -0.15) is 13.2 Å². The fraction of sp³-hybridized carbons (Fsp3) is 0.500. The predicted octanol–water partition coefficient (Wildman–Crippen LogP) is 2.32. The molecule has 0 fully saturated rings. The maximum atomic E-state index is 12.4. The lowest BCUT2D eigenvalue weighted by atomic mass is 10.1. The Morgan fingerprint density at radius 1 is 1.20 bits per heavy atom. The Balaban J connectivity index is 2.39. The molecule has 0 heterocycles. The summed E-state index contributed by atoms with van der Waals surface area (Å²) in [6, 6.07) is 4.66. The first-order valence-electron chi connectivity index (χ1n) is 6.36. The second-order valence-corrected chi connectivity index (χ2v) is 4.88. The molecule has 0 saturated heterocycles. The highest BCUT2D eigenvalue weighted by molar-refractivity contribution is 5.78. The summed E-state index contributed by atoms with van der Waals surface area (Å²) in [6.45, 7) is 1.44. The van der Waals surface area contributed by atoms with Crippen LogP contribution in [0.4, 0.5) is 13.2 Å². The number of carbonyl (C=O) groups excluding carboxylic acids is 1. The molecular weight excluding hydrogens is 269 g/mol. The summed E-state index contributed by atoms with van der Waals surface area (Å²) in [5.41, 5.74) is -0.129. The molecule has 20 heavy (non-hydrogen) atoms. The van der Waals surface area contributed by atoms with Crippen LogP contribution in [0.2, 0.25) is 0 Å². The lowest BCUT2D eigenvalue weighted by Gasteiger charge is -2.10. The van der Waals surface area contributed by atoms with E-state index in [-0.39, 0.29) is 12.3 Å². The molecular formula is C14H19F3N2O. The number of benzene rings is 1. The first-order chi connectivity index (χ1) is 9.29. The SMILES string of the molecule is CN(C)CCCNC(=O)Cc1ccc(C(F)(F)F)cc1. The molecule has 0 bridgehead atoms. The zero-order valence-electron chi connectivity index (χ0n) is 11.6. The van der Waals surface area contributed by atoms with Gasteiger partial charge in [-0.25, -0.2) is 0 Å². The highest BCUT2D eigenvalue weighted by atomic mass is 19.4. The van der Waals surface area contributed by atoms with E-state index in [1.54, 1.807) is 0 Å². The lowest BCUT2D eigenvalue weighted by molar-refractivity contribution is -0.137. The van der Waals surface area contributed by atoms with Gasteiger partial charge in [0.15, 0.2) is 0 Å². The van der Waals surface area contributed by atoms with Gasteiger partial charge in [0.25, 0.3) is 0 Å². The second-order valence-electron chi connectivity index (χ2n) is 4.88. The minimum atomic E-state index is -4.34. The van der Waals surface area contributed by atoms with Crippen LogP contribution in [-0.4, -0.2) is 38.0 Å². The molecule has 112 valence electrons. The standard InChI is InChI=1S/C14H19F3N2O/c1-19(2)9-3-8-18-13(20)10-11-4-6-12(7-5-11)14(15,16)17/h4-7H,3,8-10H2,1-2H3,(H,18,20). The highest BCUT2D eigenvalue weighted by Crippen LogP contribution is 2.29. The van der Waals surface area contributed by atoms with E-state index in [1.165, 1.54) is 12.1 Å². The third-order valence-corrected chi connectivity index (χ3v) is 2.75. The first kappa shape index (κ1) is 16.5. The highest BCUT2D eigenvalue weighted by Gasteiger charge is 2.29. The van der Waals surface area contributed by atoms with Crippen molar-refractivity contribution in [1.29, 1.82) is 0 Å². The number of carbonyl (C=O) groups is 1. The molecule has 0 aliphatic heterocycles. The maximum absolute atomic E-state index is 12.4. The monoisotopic (exact) mass is 288 g/mol. The molecule has 0 aliphatic rings. The van der Waals surface area contributed by atoms with Crippen LogP contribution in [0, 0.1) is 0 Å². The molecule has 0 spiro atoms. The van der Waals surface area contributed by atoms with Crippen LogP contribution in [-0.2, 0) is 17.4 Å². The topological polar surface area (TPSA) is 32.3 Å². The summed E-state index contributed by atoms with van der Waals surface area (Å²) in [7, 11) is 3.90. The van der Waals surface area contributed by atoms with Crippen molar-refractivity contribution >= 4 is 5.91 Å². The van der Waals surface area contributed by atoms with Crippen LogP contribution < -0.4 is 5.32 Å². The minimum absolute atomic E-state index is 0.0973. The second kappa shape index (κ2) is 7.28. The Morgan fingerprint density at radius 2 is 1.80 bits per heavy atom. The molecule has 1 rings (SSSR count). The van der Waals surface area contributed by atoms with Crippen molar-refractivity contribution in [3.05, 3.63) is 35.4 Å². The van der Waals surface area contributed by atoms with Gasteiger partial charge < -0.3 is 10.2 Å². The summed E-state index contributed by atoms with van der Waals surface area (Å²) in [6.07, 6.45) is -3.40. The Kier molecular flexibility index (Phi) is 6.01. The normalized spacial score (nSPS) is 11.7. The van der Waals surface area contributed by atoms with E-state index in [0.29, 0.717) is 12.1 Å². The molecule has 0 saturated carbocycles. The fourth-order valence-electron chi connectivity index (χ4n) is 1.68. The number of nitrogens with one attached hydrogen (secondary N) is 1. The minimum Gasteiger partial charge on any atom is -0.356 e. The van der Waals surface area contributed by atoms with Gasteiger partial charge in [0.2, 0.25) is 5.91 Å². The summed E-state index contributed by atoms with van der Waals surface area (Å²) in [5, 5.41) is 2.74. The van der Waals surface area contributed by atoms with E-state index in [4.69, 9.17) is 0 Å². The number of amides is 1. The van der Waals surface area contributed by atoms with E-state index >= 15 is 0 Å². The smallest absolute Gasteiger partial charge is 0.356 e. The van der Waals surface area contributed by atoms with E-state index in [2.05, 4.69) is 5.32 Å². The van der Waals surface area contributed by atoms with Crippen molar-refractivity contribution in [3.8, 4) is 0 Å². The van der Waals surface area contributed by atoms with Crippen molar-refractivity contribution in [2.45, 2.75) is 19.0 Å². The van der Waals surface area contributed by atoms with E-state index in [0.717, 1.165) is 25.1 Å². The van der Waals surface area contributed by atoms with E-state index in [1.807, 2.05) is 19.0 Å². The van der Waals surface area contributed by atoms with Crippen molar-refractivity contribution in [1.82, 2.24) is 10.2 Å². The molecule has 0 aromatic heterocycles. The fourth-order valence-corrected chi connectivity index (χ4v) is 1.68. The number of nitrogens with zero attached hydrogens (tertiary/aromatic N) is 1. The van der Waals surface area contributed by atoms with Crippen LogP contribution in [0.15, 0.2) is 24.3 Å². The van der Waals surface area contributed by atoms with Gasteiger partial charge in [-0.05, 0) is 44.8 Å². The Morgan fingerprint density at radius 3 is 2.30 bits per heavy atom. The van der Waals surface area contributed by atoms with Gasteiger partial charge in [-0.15, -0.1) is 0 Å². The van der Waals surface area contributed by atoms with Gasteiger partial charge in [-0.3, -0.25) is 4.79 Å². The molecule has 0 aliphatic carbocycles. The molecule has 1 aromatic carbocycles. The summed E-state index contributed by atoms with van der Waals surface area (Å²) >= 11 is 0. The largest absolute Gasteiger partial charge is 0.416 e. The van der Waals surface area contributed by atoms with Gasteiger partial charge >= 0.3 is 6.18 Å². The zero-order chi connectivity index (χ0) is 15.2. The van der Waals surface area contributed by atoms with Crippen molar-refractivity contribution < 1.29 is 18.0 Å². The average Bonchev–Trinajstić information content (AvgIpc) is 2.34. The Bertz CT molecular complexity index is 427. The van der Waals surface area contributed by atoms with E-state index in [9.17, 15) is 18.0 Å². The number of rotatable bonds is 6. The van der Waals surface area contributed by atoms with Crippen LogP contribution in [0.5, 0.6) is 0 Å². The average molecular weight is 288 g/mol. The van der Waals surface area contributed by atoms with E-state index < -0.39 is 11.7 Å². The van der Waals surface area contributed by atoms with Crippen LogP contribution in [0.3, 0.4) is 0 Å². The molecule has 0 radical (unpaired) electrons. The van der Waals surface area contributed by atoms with Crippen LogP contribution >= 0.6 is 0 Å². The molecule has 6 heteroatoms. The van der Waals surface area contributed by atoms with Gasteiger partial charge in [-0.1, -0.05) is 12.1 Å². The summed E-state index contributed by atoms with van der Waals surface area (Å²) in [4.78, 5) is 13.6. The van der Waals surface area contributed by atoms with Crippen molar-refractivity contribution in [3.63, 3.8) is 0 Å². The van der Waals surface area contributed by atoms with Gasteiger partial charge in [0.05, 0.1) is 12.0 Å². The summed E-state index contributed by atoms with van der Waals surface area (Å²) in [5.74, 6) is -0.177.